The minimum Gasteiger partial charge on any atom is -0.433 e. The molecule has 13 heavy (non-hydrogen) atoms. The highest BCUT2D eigenvalue weighted by Crippen LogP contribution is 2.00. The molecule has 0 radical (unpaired) electrons. The maximum absolute atomic E-state index is 11.0. The van der Waals surface area contributed by atoms with Crippen molar-refractivity contribution in [2.75, 3.05) is 6.61 Å². The quantitative estimate of drug-likeness (QED) is 0.276. The highest BCUT2D eigenvalue weighted by atomic mass is 16.7. The number of carbonyl (C=O) groups is 1. The Morgan fingerprint density at radius 2 is 2.15 bits per heavy atom. The van der Waals surface area contributed by atoms with Gasteiger partial charge in [0, 0.05) is 5.57 Å². The molecule has 3 heteroatoms. The molecule has 0 spiro atoms. The fraction of sp³-hybridized carbons (Fsp3) is 0.700. The van der Waals surface area contributed by atoms with Crippen molar-refractivity contribution in [2.24, 2.45) is 0 Å². The maximum Gasteiger partial charge on any atom is 0.335 e. The highest BCUT2D eigenvalue weighted by molar-refractivity contribution is 5.86. The van der Waals surface area contributed by atoms with Crippen LogP contribution in [-0.4, -0.2) is 18.9 Å². The molecular formula is C10H18O3. The number of hydrogen-bond acceptors (Lipinski definition) is 3. The first-order valence-corrected chi connectivity index (χ1v) is 4.56. The van der Waals surface area contributed by atoms with Crippen molar-refractivity contribution in [1.82, 2.24) is 0 Å². The number of ether oxygens (including phenoxy) is 2. The number of rotatable bonds is 6. The molecule has 1 atom stereocenters. The lowest BCUT2D eigenvalue weighted by Gasteiger charge is -2.13. The van der Waals surface area contributed by atoms with Gasteiger partial charge in [0.25, 0.3) is 0 Å². The number of carbonyl (C=O) groups excluding carboxylic acids is 1. The number of unbranched alkanes of at least 4 members (excludes halogenated alkanes) is 1. The van der Waals surface area contributed by atoms with Crippen LogP contribution in [0.15, 0.2) is 12.2 Å². The number of hydrogen-bond donors (Lipinski definition) is 0. The van der Waals surface area contributed by atoms with E-state index in [0.717, 1.165) is 12.8 Å². The summed E-state index contributed by atoms with van der Waals surface area (Å²) in [6.07, 6.45) is 1.58. The summed E-state index contributed by atoms with van der Waals surface area (Å²) in [5, 5.41) is 0. The van der Waals surface area contributed by atoms with Crippen molar-refractivity contribution in [2.45, 2.75) is 39.9 Å². The van der Waals surface area contributed by atoms with E-state index in [-0.39, 0.29) is 0 Å². The Bertz CT molecular complexity index is 175. The highest BCUT2D eigenvalue weighted by Gasteiger charge is 2.09. The third-order valence-corrected chi connectivity index (χ3v) is 1.47. The molecule has 0 amide bonds. The molecule has 0 aliphatic rings. The molecule has 0 bridgehead atoms. The van der Waals surface area contributed by atoms with E-state index in [1.54, 1.807) is 13.8 Å². The van der Waals surface area contributed by atoms with Crippen LogP contribution in [0.1, 0.15) is 33.6 Å². The summed E-state index contributed by atoms with van der Waals surface area (Å²) < 4.78 is 10.1. The van der Waals surface area contributed by atoms with Gasteiger partial charge in [0.1, 0.15) is 0 Å². The molecule has 0 aromatic rings. The van der Waals surface area contributed by atoms with Gasteiger partial charge in [-0.25, -0.2) is 4.79 Å². The van der Waals surface area contributed by atoms with Gasteiger partial charge in [0.05, 0.1) is 6.61 Å². The Kier molecular flexibility index (Phi) is 6.24. The second-order valence-corrected chi connectivity index (χ2v) is 2.98. The molecule has 0 saturated heterocycles. The lowest BCUT2D eigenvalue weighted by Crippen LogP contribution is -2.18. The lowest BCUT2D eigenvalue weighted by atomic mass is 10.3. The summed E-state index contributed by atoms with van der Waals surface area (Å²) in [7, 11) is 0. The van der Waals surface area contributed by atoms with Crippen molar-refractivity contribution in [3.05, 3.63) is 12.2 Å². The summed E-state index contributed by atoms with van der Waals surface area (Å²) in [5.74, 6) is -0.399. The first-order chi connectivity index (χ1) is 6.07. The zero-order valence-electron chi connectivity index (χ0n) is 8.63. The fourth-order valence-electron chi connectivity index (χ4n) is 0.679. The van der Waals surface area contributed by atoms with Crippen LogP contribution in [0.25, 0.3) is 0 Å². The van der Waals surface area contributed by atoms with Gasteiger partial charge < -0.3 is 9.47 Å². The van der Waals surface area contributed by atoms with Crippen LogP contribution in [0.2, 0.25) is 0 Å². The summed E-state index contributed by atoms with van der Waals surface area (Å²) in [4.78, 5) is 11.0. The predicted molar refractivity (Wildman–Crippen MR) is 51.2 cm³/mol. The summed E-state index contributed by atoms with van der Waals surface area (Å²) in [6.45, 7) is 9.49. The molecule has 0 N–H and O–H groups in total. The Morgan fingerprint density at radius 3 is 2.62 bits per heavy atom. The minimum atomic E-state index is -0.476. The minimum absolute atomic E-state index is 0.394. The largest absolute Gasteiger partial charge is 0.433 e. The maximum atomic E-state index is 11.0. The van der Waals surface area contributed by atoms with E-state index in [2.05, 4.69) is 13.5 Å². The van der Waals surface area contributed by atoms with Crippen molar-refractivity contribution in [3.63, 3.8) is 0 Å². The van der Waals surface area contributed by atoms with Crippen LogP contribution in [0, 0.1) is 0 Å². The van der Waals surface area contributed by atoms with Gasteiger partial charge in [-0.3, -0.25) is 0 Å². The molecular weight excluding hydrogens is 168 g/mol. The van der Waals surface area contributed by atoms with Crippen LogP contribution in [0.3, 0.4) is 0 Å². The molecule has 0 aliphatic carbocycles. The average Bonchev–Trinajstić information content (AvgIpc) is 2.04. The standard InChI is InChI=1S/C10H18O3/c1-5-6-7-12-9(4)13-10(11)8(2)3/h9H,2,5-7H2,1,3-4H3. The third-order valence-electron chi connectivity index (χ3n) is 1.47. The van der Waals surface area contributed by atoms with E-state index in [1.807, 2.05) is 0 Å². The molecule has 0 heterocycles. The van der Waals surface area contributed by atoms with E-state index < -0.39 is 12.3 Å². The third kappa shape index (κ3) is 6.34. The van der Waals surface area contributed by atoms with Crippen LogP contribution < -0.4 is 0 Å². The molecule has 1 unspecified atom stereocenters. The topological polar surface area (TPSA) is 35.5 Å². The van der Waals surface area contributed by atoms with E-state index in [0.29, 0.717) is 12.2 Å². The molecule has 0 fully saturated rings. The van der Waals surface area contributed by atoms with Gasteiger partial charge in [-0.15, -0.1) is 0 Å². The monoisotopic (exact) mass is 186 g/mol. The van der Waals surface area contributed by atoms with E-state index in [9.17, 15) is 4.79 Å². The van der Waals surface area contributed by atoms with Crippen molar-refractivity contribution >= 4 is 5.97 Å². The fourth-order valence-corrected chi connectivity index (χ4v) is 0.679. The molecule has 0 rings (SSSR count). The Morgan fingerprint density at radius 1 is 1.54 bits per heavy atom. The zero-order valence-corrected chi connectivity index (χ0v) is 8.63. The number of esters is 1. The van der Waals surface area contributed by atoms with Gasteiger partial charge in [0.2, 0.25) is 0 Å². The van der Waals surface area contributed by atoms with Crippen molar-refractivity contribution < 1.29 is 14.3 Å². The second kappa shape index (κ2) is 6.66. The Labute approximate surface area is 79.7 Å². The normalized spacial score (nSPS) is 12.2. The van der Waals surface area contributed by atoms with Gasteiger partial charge >= 0.3 is 5.97 Å². The lowest BCUT2D eigenvalue weighted by molar-refractivity contribution is -0.170. The summed E-state index contributed by atoms with van der Waals surface area (Å²) in [6, 6.07) is 0. The zero-order chi connectivity index (χ0) is 10.3. The van der Waals surface area contributed by atoms with Gasteiger partial charge in [-0.1, -0.05) is 19.9 Å². The van der Waals surface area contributed by atoms with E-state index in [4.69, 9.17) is 9.47 Å². The Hall–Kier alpha value is -0.830. The SMILES string of the molecule is C=C(C)C(=O)OC(C)OCCCC. The average molecular weight is 186 g/mol. The van der Waals surface area contributed by atoms with E-state index >= 15 is 0 Å². The molecule has 0 saturated carbocycles. The summed E-state index contributed by atoms with van der Waals surface area (Å²) in [5.41, 5.74) is 0.394. The van der Waals surface area contributed by atoms with Crippen LogP contribution in [0.5, 0.6) is 0 Å². The second-order valence-electron chi connectivity index (χ2n) is 2.98. The molecule has 0 aromatic heterocycles. The van der Waals surface area contributed by atoms with Gasteiger partial charge in [-0.2, -0.15) is 0 Å². The molecule has 0 aliphatic heterocycles. The summed E-state index contributed by atoms with van der Waals surface area (Å²) >= 11 is 0. The molecule has 3 nitrogen and oxygen atoms in total. The first-order valence-electron chi connectivity index (χ1n) is 4.56. The molecule has 76 valence electrons. The molecule has 0 aromatic carbocycles. The van der Waals surface area contributed by atoms with E-state index in [1.165, 1.54) is 0 Å². The van der Waals surface area contributed by atoms with Crippen molar-refractivity contribution in [3.8, 4) is 0 Å². The van der Waals surface area contributed by atoms with Crippen LogP contribution in [-0.2, 0) is 14.3 Å². The van der Waals surface area contributed by atoms with Crippen LogP contribution >= 0.6 is 0 Å². The van der Waals surface area contributed by atoms with Gasteiger partial charge in [-0.05, 0) is 20.3 Å². The van der Waals surface area contributed by atoms with Crippen LogP contribution in [0.4, 0.5) is 0 Å². The smallest absolute Gasteiger partial charge is 0.335 e. The Balaban J connectivity index is 3.55. The first kappa shape index (κ1) is 12.2. The van der Waals surface area contributed by atoms with Gasteiger partial charge in [0.15, 0.2) is 6.29 Å². The predicted octanol–water partition coefficient (Wildman–Crippen LogP) is 2.27. The van der Waals surface area contributed by atoms with Crippen molar-refractivity contribution in [1.29, 1.82) is 0 Å².